The molecule has 0 fully saturated rings. The van der Waals surface area contributed by atoms with Gasteiger partial charge in [-0.25, -0.2) is 13.4 Å². The molecule has 3 rings (SSSR count). The largest absolute Gasteiger partial charge is 0.308 e. The van der Waals surface area contributed by atoms with E-state index in [1.807, 2.05) is 32.0 Å². The highest BCUT2D eigenvalue weighted by Gasteiger charge is 2.22. The summed E-state index contributed by atoms with van der Waals surface area (Å²) >= 11 is 1.54. The van der Waals surface area contributed by atoms with Crippen LogP contribution in [0.4, 0.5) is 5.13 Å². The zero-order chi connectivity index (χ0) is 23.6. The van der Waals surface area contributed by atoms with Crippen LogP contribution in [0.15, 0.2) is 41.3 Å². The van der Waals surface area contributed by atoms with E-state index in [1.165, 1.54) is 11.3 Å². The fourth-order valence-electron chi connectivity index (χ4n) is 3.45. The minimum atomic E-state index is -3.33. The Morgan fingerprint density at radius 3 is 2.31 bits per heavy atom. The molecule has 0 saturated carbocycles. The van der Waals surface area contributed by atoms with Crippen LogP contribution in [0.5, 0.6) is 0 Å². The molecule has 1 aromatic heterocycles. The molecule has 0 N–H and O–H groups in total. The fourth-order valence-corrected chi connectivity index (χ4v) is 5.57. The Balaban J connectivity index is 1.88. The second kappa shape index (κ2) is 9.68. The number of sulfone groups is 1. The van der Waals surface area contributed by atoms with Gasteiger partial charge in [-0.3, -0.25) is 9.69 Å². The first kappa shape index (κ1) is 24.4. The van der Waals surface area contributed by atoms with Crippen LogP contribution in [-0.2, 0) is 21.1 Å². The maximum atomic E-state index is 13.3. The van der Waals surface area contributed by atoms with Crippen molar-refractivity contribution < 1.29 is 13.2 Å². The predicted octanol–water partition coefficient (Wildman–Crippen LogP) is 4.23. The van der Waals surface area contributed by atoms with Gasteiger partial charge in [0.25, 0.3) is 0 Å². The lowest BCUT2D eigenvalue weighted by Crippen LogP contribution is -2.37. The molecule has 0 atom stereocenters. The smallest absolute Gasteiger partial charge is 0.233 e. The van der Waals surface area contributed by atoms with E-state index in [-0.39, 0.29) is 17.2 Å². The lowest BCUT2D eigenvalue weighted by atomic mass is 10.1. The van der Waals surface area contributed by atoms with Gasteiger partial charge in [-0.1, -0.05) is 29.5 Å². The maximum absolute atomic E-state index is 13.3. The van der Waals surface area contributed by atoms with Gasteiger partial charge >= 0.3 is 0 Å². The van der Waals surface area contributed by atoms with Crippen molar-refractivity contribution in [2.45, 2.75) is 44.3 Å². The Kier molecular flexibility index (Phi) is 7.37. The summed E-state index contributed by atoms with van der Waals surface area (Å²) < 4.78 is 25.8. The van der Waals surface area contributed by atoms with Gasteiger partial charge in [-0.05, 0) is 76.7 Å². The number of anilines is 1. The summed E-state index contributed by atoms with van der Waals surface area (Å²) in [6.07, 6.45) is 0.184. The average molecular weight is 474 g/mol. The molecular formula is C24H31N3O3S2. The van der Waals surface area contributed by atoms with Crippen molar-refractivity contribution in [3.8, 4) is 0 Å². The summed E-state index contributed by atoms with van der Waals surface area (Å²) in [5, 5.41) is 0.210. The van der Waals surface area contributed by atoms with Gasteiger partial charge in [0.2, 0.25) is 5.91 Å². The van der Waals surface area contributed by atoms with Crippen molar-refractivity contribution in [1.82, 2.24) is 9.88 Å². The Bertz CT molecular complexity index is 1210. The number of thiazole rings is 1. The minimum Gasteiger partial charge on any atom is -0.308 e. The van der Waals surface area contributed by atoms with E-state index in [1.54, 1.807) is 43.0 Å². The van der Waals surface area contributed by atoms with Crippen LogP contribution in [0.1, 0.15) is 30.5 Å². The van der Waals surface area contributed by atoms with Crippen molar-refractivity contribution in [1.29, 1.82) is 0 Å². The number of aromatic nitrogens is 1. The summed E-state index contributed by atoms with van der Waals surface area (Å²) in [5.74, 6) is -0.0558. The Morgan fingerprint density at radius 1 is 1.06 bits per heavy atom. The molecule has 2 aromatic carbocycles. The number of carbonyl (C=O) groups is 1. The van der Waals surface area contributed by atoms with Crippen LogP contribution < -0.4 is 4.90 Å². The topological polar surface area (TPSA) is 70.6 Å². The molecule has 0 radical (unpaired) electrons. The summed E-state index contributed by atoms with van der Waals surface area (Å²) in [6, 6.07) is 10.8. The standard InChI is InChI=1S/C24H31N3O3S2/c1-16(2)32(29,30)20-9-7-19(8-10-20)15-22(28)27(12-11-26(5)6)24-25-21-14-17(3)13-18(4)23(21)31-24/h7-10,13-14,16H,11-12,15H2,1-6H3. The summed E-state index contributed by atoms with van der Waals surface area (Å²) in [6.45, 7) is 8.68. The lowest BCUT2D eigenvalue weighted by Gasteiger charge is -2.22. The normalized spacial score (nSPS) is 12.1. The number of hydrogen-bond donors (Lipinski definition) is 0. The van der Waals surface area contributed by atoms with Crippen molar-refractivity contribution in [2.75, 3.05) is 32.1 Å². The molecule has 3 aromatic rings. The molecule has 0 aliphatic heterocycles. The van der Waals surface area contributed by atoms with Gasteiger partial charge in [-0.15, -0.1) is 0 Å². The van der Waals surface area contributed by atoms with E-state index in [0.717, 1.165) is 26.9 Å². The number of likely N-dealkylation sites (N-methyl/N-ethyl adjacent to an activating group) is 1. The zero-order valence-electron chi connectivity index (χ0n) is 19.5. The number of amides is 1. The van der Waals surface area contributed by atoms with Gasteiger partial charge in [-0.2, -0.15) is 0 Å². The highest BCUT2D eigenvalue weighted by molar-refractivity contribution is 7.92. The highest BCUT2D eigenvalue weighted by Crippen LogP contribution is 2.32. The summed E-state index contributed by atoms with van der Waals surface area (Å²) in [4.78, 5) is 22.1. The molecule has 32 heavy (non-hydrogen) atoms. The first-order chi connectivity index (χ1) is 15.0. The number of hydrogen-bond acceptors (Lipinski definition) is 6. The molecule has 0 saturated heterocycles. The van der Waals surface area contributed by atoms with Crippen LogP contribution in [0.2, 0.25) is 0 Å². The van der Waals surface area contributed by atoms with E-state index in [0.29, 0.717) is 18.2 Å². The average Bonchev–Trinajstić information content (AvgIpc) is 3.12. The number of fused-ring (bicyclic) bond motifs is 1. The first-order valence-corrected chi connectivity index (χ1v) is 13.0. The maximum Gasteiger partial charge on any atom is 0.233 e. The molecular weight excluding hydrogens is 442 g/mol. The molecule has 0 aliphatic carbocycles. The summed E-state index contributed by atoms with van der Waals surface area (Å²) in [5.41, 5.74) is 3.99. The van der Waals surface area contributed by atoms with Gasteiger partial charge in [0.1, 0.15) is 0 Å². The monoisotopic (exact) mass is 473 g/mol. The first-order valence-electron chi connectivity index (χ1n) is 10.6. The second-order valence-electron chi connectivity index (χ2n) is 8.69. The molecule has 0 spiro atoms. The van der Waals surface area contributed by atoms with Crippen LogP contribution in [0.3, 0.4) is 0 Å². The predicted molar refractivity (Wildman–Crippen MR) is 132 cm³/mol. The SMILES string of the molecule is Cc1cc(C)c2sc(N(CCN(C)C)C(=O)Cc3ccc(S(=O)(=O)C(C)C)cc3)nc2c1. The van der Waals surface area contributed by atoms with Crippen LogP contribution in [0, 0.1) is 13.8 Å². The number of rotatable bonds is 8. The van der Waals surface area contributed by atoms with E-state index in [9.17, 15) is 13.2 Å². The number of nitrogens with zero attached hydrogens (tertiary/aromatic N) is 3. The van der Waals surface area contributed by atoms with Crippen molar-refractivity contribution >= 4 is 42.4 Å². The van der Waals surface area contributed by atoms with Crippen molar-refractivity contribution in [3.63, 3.8) is 0 Å². The number of aryl methyl sites for hydroxylation is 2. The van der Waals surface area contributed by atoms with E-state index < -0.39 is 15.1 Å². The molecule has 6 nitrogen and oxygen atoms in total. The molecule has 0 bridgehead atoms. The molecule has 0 aliphatic rings. The highest BCUT2D eigenvalue weighted by atomic mass is 32.2. The minimum absolute atomic E-state index is 0.0558. The van der Waals surface area contributed by atoms with Crippen LogP contribution in [-0.4, -0.2) is 56.6 Å². The number of benzene rings is 2. The third kappa shape index (κ3) is 5.36. The van der Waals surface area contributed by atoms with E-state index in [4.69, 9.17) is 4.98 Å². The Morgan fingerprint density at radius 2 is 1.72 bits per heavy atom. The number of carbonyl (C=O) groups excluding carboxylic acids is 1. The molecule has 8 heteroatoms. The van der Waals surface area contributed by atoms with Crippen LogP contribution in [0.25, 0.3) is 10.2 Å². The Hall–Kier alpha value is -2.29. The van der Waals surface area contributed by atoms with Gasteiger partial charge in [0, 0.05) is 13.1 Å². The molecule has 172 valence electrons. The fraction of sp³-hybridized carbons (Fsp3) is 0.417. The third-order valence-electron chi connectivity index (χ3n) is 5.34. The van der Waals surface area contributed by atoms with Gasteiger partial charge < -0.3 is 4.90 Å². The summed E-state index contributed by atoms with van der Waals surface area (Å²) in [7, 11) is 0.618. The van der Waals surface area contributed by atoms with Gasteiger partial charge in [0.05, 0.1) is 26.8 Å². The van der Waals surface area contributed by atoms with Crippen molar-refractivity contribution in [3.05, 3.63) is 53.1 Å². The zero-order valence-corrected chi connectivity index (χ0v) is 21.2. The molecule has 0 unspecified atom stereocenters. The van der Waals surface area contributed by atoms with E-state index in [2.05, 4.69) is 13.0 Å². The lowest BCUT2D eigenvalue weighted by molar-refractivity contribution is -0.118. The van der Waals surface area contributed by atoms with Crippen LogP contribution >= 0.6 is 11.3 Å². The Labute approximate surface area is 194 Å². The molecule has 1 heterocycles. The van der Waals surface area contributed by atoms with E-state index >= 15 is 0 Å². The van der Waals surface area contributed by atoms with Crippen molar-refractivity contribution in [2.24, 2.45) is 0 Å². The quantitative estimate of drug-likeness (QED) is 0.490. The third-order valence-corrected chi connectivity index (χ3v) is 8.74. The molecule has 1 amide bonds. The second-order valence-corrected chi connectivity index (χ2v) is 12.2. The van der Waals surface area contributed by atoms with Gasteiger partial charge in [0.15, 0.2) is 15.0 Å².